The summed E-state index contributed by atoms with van der Waals surface area (Å²) >= 11 is 3.10. The number of methoxy groups -OCH3 is 1. The van der Waals surface area contributed by atoms with Gasteiger partial charge >= 0.3 is 5.97 Å². The second-order valence-electron chi connectivity index (χ2n) is 7.20. The number of fused-ring (bicyclic) bond motifs is 1. The average molecular weight is 456 g/mol. The molecule has 162 valence electrons. The van der Waals surface area contributed by atoms with Gasteiger partial charge in [-0.2, -0.15) is 0 Å². The van der Waals surface area contributed by atoms with Crippen LogP contribution in [0.4, 0.5) is 5.69 Å². The standard InChI is InChI=1S/C24H25NO4S2/c1-3-29-23(27)22-19-13-25(17-9-11-18(28-2)12-10-17)14-20(26)21(19)24(31-22)30-15-16-7-5-4-6-8-16/h4-12,20,26H,3,13-15H2,1-2H3. The number of ether oxygens (including phenoxy) is 2. The molecule has 2 heterocycles. The van der Waals surface area contributed by atoms with Gasteiger partial charge in [-0.1, -0.05) is 30.3 Å². The lowest BCUT2D eigenvalue weighted by molar-refractivity contribution is 0.0530. The van der Waals surface area contributed by atoms with Crippen LogP contribution in [0.1, 0.15) is 39.4 Å². The number of carbonyl (C=O) groups excluding carboxylic acids is 1. The van der Waals surface area contributed by atoms with Crippen LogP contribution in [0.5, 0.6) is 5.75 Å². The first-order valence-corrected chi connectivity index (χ1v) is 12.0. The van der Waals surface area contributed by atoms with Crippen LogP contribution in [0.15, 0.2) is 58.8 Å². The SMILES string of the molecule is CCOC(=O)c1sc(SCc2ccccc2)c2c1CN(c1ccc(OC)cc1)CC2O. The summed E-state index contributed by atoms with van der Waals surface area (Å²) in [7, 11) is 1.64. The number of aliphatic hydroxyl groups excluding tert-OH is 1. The summed E-state index contributed by atoms with van der Waals surface area (Å²) < 4.78 is 11.6. The molecule has 2 aromatic carbocycles. The van der Waals surface area contributed by atoms with Gasteiger partial charge in [0.15, 0.2) is 0 Å². The van der Waals surface area contributed by atoms with E-state index in [4.69, 9.17) is 9.47 Å². The number of thioether (sulfide) groups is 1. The molecular formula is C24H25NO4S2. The van der Waals surface area contributed by atoms with Crippen LogP contribution in [-0.4, -0.2) is 31.3 Å². The molecule has 4 rings (SSSR count). The second kappa shape index (κ2) is 9.77. The van der Waals surface area contributed by atoms with Gasteiger partial charge in [0.25, 0.3) is 0 Å². The number of nitrogens with zero attached hydrogens (tertiary/aromatic N) is 1. The molecular weight excluding hydrogens is 430 g/mol. The Morgan fingerprint density at radius 3 is 2.61 bits per heavy atom. The van der Waals surface area contributed by atoms with Crippen molar-refractivity contribution in [3.8, 4) is 5.75 Å². The largest absolute Gasteiger partial charge is 0.497 e. The Kier molecular flexibility index (Phi) is 6.85. The number of benzene rings is 2. The molecule has 0 saturated carbocycles. The molecule has 0 saturated heterocycles. The van der Waals surface area contributed by atoms with Crippen LogP contribution in [0.25, 0.3) is 0 Å². The molecule has 0 radical (unpaired) electrons. The molecule has 0 amide bonds. The van der Waals surface area contributed by atoms with Gasteiger partial charge in [-0.3, -0.25) is 0 Å². The number of β-amino-alcohol motifs (C(OH)–C–C–N with tert-alkyl or cyclic N) is 1. The fourth-order valence-corrected chi connectivity index (χ4v) is 6.25. The van der Waals surface area contributed by atoms with E-state index >= 15 is 0 Å². The molecule has 1 atom stereocenters. The summed E-state index contributed by atoms with van der Waals surface area (Å²) in [5, 5.41) is 11.1. The normalized spacial score (nSPS) is 15.5. The van der Waals surface area contributed by atoms with Crippen molar-refractivity contribution in [3.63, 3.8) is 0 Å². The van der Waals surface area contributed by atoms with Gasteiger partial charge in [0.05, 0.1) is 24.0 Å². The predicted octanol–water partition coefficient (Wildman–Crippen LogP) is 5.28. The van der Waals surface area contributed by atoms with E-state index in [9.17, 15) is 9.90 Å². The molecule has 1 aromatic heterocycles. The van der Waals surface area contributed by atoms with E-state index < -0.39 is 6.10 Å². The zero-order chi connectivity index (χ0) is 21.8. The fraction of sp³-hybridized carbons (Fsp3) is 0.292. The zero-order valence-corrected chi connectivity index (χ0v) is 19.2. The minimum Gasteiger partial charge on any atom is -0.497 e. The average Bonchev–Trinajstić information content (AvgIpc) is 3.18. The van der Waals surface area contributed by atoms with Crippen molar-refractivity contribution in [2.75, 3.05) is 25.2 Å². The molecule has 31 heavy (non-hydrogen) atoms. The fourth-order valence-electron chi connectivity index (χ4n) is 3.69. The first kappa shape index (κ1) is 21.7. The number of hydrogen-bond acceptors (Lipinski definition) is 7. The highest BCUT2D eigenvalue weighted by Crippen LogP contribution is 2.45. The van der Waals surface area contributed by atoms with E-state index in [1.54, 1.807) is 18.9 Å². The summed E-state index contributed by atoms with van der Waals surface area (Å²) in [6.45, 7) is 3.15. The Labute approximate surface area is 190 Å². The number of esters is 1. The minimum atomic E-state index is -0.677. The molecule has 0 fully saturated rings. The van der Waals surface area contributed by atoms with Crippen LogP contribution in [0.2, 0.25) is 0 Å². The summed E-state index contributed by atoms with van der Waals surface area (Å²) in [5.74, 6) is 1.24. The first-order valence-electron chi connectivity index (χ1n) is 10.2. The Hall–Kier alpha value is -2.48. The van der Waals surface area contributed by atoms with Crippen LogP contribution >= 0.6 is 23.1 Å². The third-order valence-electron chi connectivity index (χ3n) is 5.20. The molecule has 7 heteroatoms. The third-order valence-corrected chi connectivity index (χ3v) is 7.79. The Bertz CT molecular complexity index is 1030. The number of carbonyl (C=O) groups is 1. The van der Waals surface area contributed by atoms with Gasteiger partial charge < -0.3 is 19.5 Å². The van der Waals surface area contributed by atoms with E-state index in [0.29, 0.717) is 24.6 Å². The molecule has 0 spiro atoms. The summed E-state index contributed by atoms with van der Waals surface area (Å²) in [6.07, 6.45) is -0.677. The Morgan fingerprint density at radius 2 is 1.94 bits per heavy atom. The van der Waals surface area contributed by atoms with E-state index in [2.05, 4.69) is 17.0 Å². The summed E-state index contributed by atoms with van der Waals surface area (Å²) in [4.78, 5) is 15.4. The van der Waals surface area contributed by atoms with Crippen molar-refractivity contribution in [2.24, 2.45) is 0 Å². The summed E-state index contributed by atoms with van der Waals surface area (Å²) in [5.41, 5.74) is 3.93. The van der Waals surface area contributed by atoms with Crippen molar-refractivity contribution in [1.29, 1.82) is 0 Å². The van der Waals surface area contributed by atoms with Gasteiger partial charge in [-0.25, -0.2) is 4.79 Å². The molecule has 0 bridgehead atoms. The topological polar surface area (TPSA) is 59.0 Å². The van der Waals surface area contributed by atoms with Crippen molar-refractivity contribution < 1.29 is 19.4 Å². The smallest absolute Gasteiger partial charge is 0.348 e. The van der Waals surface area contributed by atoms with Crippen molar-refractivity contribution in [3.05, 3.63) is 76.2 Å². The van der Waals surface area contributed by atoms with Crippen LogP contribution in [0, 0.1) is 0 Å². The third kappa shape index (κ3) is 4.74. The number of thiophene rings is 1. The number of rotatable bonds is 7. The first-order chi connectivity index (χ1) is 15.1. The predicted molar refractivity (Wildman–Crippen MR) is 125 cm³/mol. The monoisotopic (exact) mass is 455 g/mol. The number of anilines is 1. The molecule has 1 aliphatic rings. The second-order valence-corrected chi connectivity index (χ2v) is 9.46. The lowest BCUT2D eigenvalue weighted by atomic mass is 9.99. The van der Waals surface area contributed by atoms with E-state index in [1.807, 2.05) is 49.4 Å². The molecule has 5 nitrogen and oxygen atoms in total. The van der Waals surface area contributed by atoms with Crippen molar-refractivity contribution in [2.45, 2.75) is 29.5 Å². The maximum absolute atomic E-state index is 12.7. The van der Waals surface area contributed by atoms with Crippen molar-refractivity contribution >= 4 is 34.8 Å². The van der Waals surface area contributed by atoms with Gasteiger partial charge in [-0.15, -0.1) is 23.1 Å². The van der Waals surface area contributed by atoms with Crippen molar-refractivity contribution in [1.82, 2.24) is 0 Å². The molecule has 1 aliphatic heterocycles. The van der Waals surface area contributed by atoms with Crippen LogP contribution < -0.4 is 9.64 Å². The highest BCUT2D eigenvalue weighted by Gasteiger charge is 2.33. The summed E-state index contributed by atoms with van der Waals surface area (Å²) in [6, 6.07) is 17.9. The van der Waals surface area contributed by atoms with E-state index in [0.717, 1.165) is 32.5 Å². The van der Waals surface area contributed by atoms with E-state index in [-0.39, 0.29) is 5.97 Å². The Balaban J connectivity index is 1.65. The zero-order valence-electron chi connectivity index (χ0n) is 17.5. The van der Waals surface area contributed by atoms with Gasteiger partial charge in [-0.05, 0) is 36.8 Å². The number of aliphatic hydroxyl groups is 1. The van der Waals surface area contributed by atoms with Crippen LogP contribution in [0.3, 0.4) is 0 Å². The van der Waals surface area contributed by atoms with Gasteiger partial charge in [0.2, 0.25) is 0 Å². The minimum absolute atomic E-state index is 0.320. The molecule has 1 unspecified atom stereocenters. The lowest BCUT2D eigenvalue weighted by Gasteiger charge is -2.33. The Morgan fingerprint density at radius 1 is 1.19 bits per heavy atom. The number of hydrogen-bond donors (Lipinski definition) is 1. The van der Waals surface area contributed by atoms with Gasteiger partial charge in [0, 0.05) is 35.7 Å². The maximum atomic E-state index is 12.7. The van der Waals surface area contributed by atoms with Gasteiger partial charge in [0.1, 0.15) is 10.6 Å². The quantitative estimate of drug-likeness (QED) is 0.386. The molecule has 1 N–H and O–H groups in total. The van der Waals surface area contributed by atoms with E-state index in [1.165, 1.54) is 16.9 Å². The highest BCUT2D eigenvalue weighted by molar-refractivity contribution is 8.00. The maximum Gasteiger partial charge on any atom is 0.348 e. The molecule has 0 aliphatic carbocycles. The highest BCUT2D eigenvalue weighted by atomic mass is 32.2. The van der Waals surface area contributed by atoms with Crippen LogP contribution in [-0.2, 0) is 17.0 Å². The molecule has 3 aromatic rings. The lowest BCUT2D eigenvalue weighted by Crippen LogP contribution is -2.34.